The zero-order chi connectivity index (χ0) is 14.8. The van der Waals surface area contributed by atoms with Crippen molar-refractivity contribution in [1.29, 1.82) is 0 Å². The van der Waals surface area contributed by atoms with Gasteiger partial charge in [0.15, 0.2) is 5.78 Å². The molecule has 0 amide bonds. The number of rotatable bonds is 0. The molecule has 0 N–H and O–H groups in total. The van der Waals surface area contributed by atoms with Gasteiger partial charge in [-0.05, 0) is 54.7 Å². The topological polar surface area (TPSA) is 34.1 Å². The third-order valence-corrected chi connectivity index (χ3v) is 6.82. The van der Waals surface area contributed by atoms with Crippen LogP contribution in [0.3, 0.4) is 0 Å². The van der Waals surface area contributed by atoms with Crippen molar-refractivity contribution >= 4 is 11.6 Å². The van der Waals surface area contributed by atoms with Gasteiger partial charge in [0.1, 0.15) is 5.78 Å². The molecule has 0 aromatic carbocycles. The van der Waals surface area contributed by atoms with Crippen LogP contribution in [0, 0.1) is 28.6 Å². The van der Waals surface area contributed by atoms with E-state index in [1.165, 1.54) is 0 Å². The number of hydrogen-bond acceptors (Lipinski definition) is 2. The van der Waals surface area contributed by atoms with Crippen LogP contribution in [-0.2, 0) is 9.59 Å². The van der Waals surface area contributed by atoms with Crippen LogP contribution >= 0.6 is 0 Å². The first-order chi connectivity index (χ1) is 9.95. The summed E-state index contributed by atoms with van der Waals surface area (Å²) in [4.78, 5) is 24.0. The smallest absolute Gasteiger partial charge is 0.178 e. The van der Waals surface area contributed by atoms with Crippen LogP contribution in [0.1, 0.15) is 39.5 Å². The molecule has 0 bridgehead atoms. The lowest BCUT2D eigenvalue weighted by atomic mass is 9.50. The van der Waals surface area contributed by atoms with Crippen LogP contribution in [0.15, 0.2) is 36.0 Å². The van der Waals surface area contributed by atoms with Gasteiger partial charge in [0.05, 0.1) is 0 Å². The Bertz CT molecular complexity index is 623. The first-order valence-electron chi connectivity index (χ1n) is 8.12. The normalized spacial score (nSPS) is 47.7. The van der Waals surface area contributed by atoms with Crippen LogP contribution in [0.4, 0.5) is 0 Å². The average molecular weight is 282 g/mol. The average Bonchev–Trinajstić information content (AvgIpc) is 2.76. The molecule has 0 saturated heterocycles. The number of carbonyl (C=O) groups is 2. The fourth-order valence-corrected chi connectivity index (χ4v) is 5.42. The van der Waals surface area contributed by atoms with E-state index < -0.39 is 0 Å². The van der Waals surface area contributed by atoms with E-state index in [0.717, 1.165) is 31.3 Å². The molecule has 4 aliphatic rings. The van der Waals surface area contributed by atoms with Crippen molar-refractivity contribution in [3.05, 3.63) is 36.0 Å². The molecular weight excluding hydrogens is 260 g/mol. The van der Waals surface area contributed by atoms with E-state index in [0.29, 0.717) is 23.5 Å². The zero-order valence-electron chi connectivity index (χ0n) is 12.8. The predicted octanol–water partition coefficient (Wildman–Crippen LogP) is 3.64. The summed E-state index contributed by atoms with van der Waals surface area (Å²) in [6.07, 6.45) is 14.0. The second kappa shape index (κ2) is 4.06. The molecule has 0 aromatic rings. The van der Waals surface area contributed by atoms with E-state index in [4.69, 9.17) is 0 Å². The lowest BCUT2D eigenvalue weighted by Gasteiger charge is -2.53. The third-order valence-electron chi connectivity index (χ3n) is 6.82. The van der Waals surface area contributed by atoms with Gasteiger partial charge in [-0.25, -0.2) is 0 Å². The molecule has 0 spiro atoms. The van der Waals surface area contributed by atoms with Crippen LogP contribution in [0.5, 0.6) is 0 Å². The second-order valence-electron chi connectivity index (χ2n) is 7.69. The number of ketones is 2. The number of Topliss-reactive ketones (excluding diaryl/α,β-unsaturated/α-hetero) is 1. The fourth-order valence-electron chi connectivity index (χ4n) is 5.42. The second-order valence-corrected chi connectivity index (χ2v) is 7.69. The highest BCUT2D eigenvalue weighted by Gasteiger charge is 2.57. The molecule has 2 nitrogen and oxygen atoms in total. The van der Waals surface area contributed by atoms with E-state index >= 15 is 0 Å². The van der Waals surface area contributed by atoms with Gasteiger partial charge in [0, 0.05) is 17.3 Å². The molecule has 0 aromatic heterocycles. The summed E-state index contributed by atoms with van der Waals surface area (Å²) < 4.78 is 0. The number of allylic oxidation sites excluding steroid dienone is 6. The molecule has 0 heterocycles. The van der Waals surface area contributed by atoms with E-state index in [1.54, 1.807) is 12.2 Å². The monoisotopic (exact) mass is 282 g/mol. The molecule has 4 rings (SSSR count). The summed E-state index contributed by atoms with van der Waals surface area (Å²) in [5.41, 5.74) is 1.03. The molecule has 5 atom stereocenters. The summed E-state index contributed by atoms with van der Waals surface area (Å²) in [6, 6.07) is 0. The highest BCUT2D eigenvalue weighted by atomic mass is 16.1. The predicted molar refractivity (Wildman–Crippen MR) is 81.5 cm³/mol. The van der Waals surface area contributed by atoms with Crippen molar-refractivity contribution in [3.63, 3.8) is 0 Å². The van der Waals surface area contributed by atoms with Crippen LogP contribution in [-0.4, -0.2) is 11.6 Å². The Labute approximate surface area is 126 Å². The largest absolute Gasteiger partial charge is 0.299 e. The van der Waals surface area contributed by atoms with Gasteiger partial charge in [-0.15, -0.1) is 0 Å². The van der Waals surface area contributed by atoms with E-state index in [9.17, 15) is 9.59 Å². The fraction of sp³-hybridized carbons (Fsp3) is 0.579. The molecule has 0 aliphatic heterocycles. The third kappa shape index (κ3) is 1.59. The van der Waals surface area contributed by atoms with Gasteiger partial charge >= 0.3 is 0 Å². The van der Waals surface area contributed by atoms with Gasteiger partial charge in [0.25, 0.3) is 0 Å². The van der Waals surface area contributed by atoms with Crippen molar-refractivity contribution < 1.29 is 9.59 Å². The Morgan fingerprint density at radius 1 is 1.10 bits per heavy atom. The standard InChI is InChI=1S/C19H22O2/c1-18-9-7-13(20)11-12(18)3-4-14-15-5-6-17(21)19(15,2)10-8-16(14)18/h3-4,7,9,11,14-16H,5-6,8,10H2,1-2H3/t14-,15+,16+,18-,19+/m0/s1. The highest BCUT2D eigenvalue weighted by Crippen LogP contribution is 2.61. The first-order valence-corrected chi connectivity index (χ1v) is 8.12. The lowest BCUT2D eigenvalue weighted by Crippen LogP contribution is -2.48. The minimum absolute atomic E-state index is 0.0275. The molecule has 2 fully saturated rings. The van der Waals surface area contributed by atoms with E-state index in [-0.39, 0.29) is 16.6 Å². The maximum Gasteiger partial charge on any atom is 0.178 e. The van der Waals surface area contributed by atoms with Gasteiger partial charge in [0.2, 0.25) is 0 Å². The van der Waals surface area contributed by atoms with Crippen LogP contribution < -0.4 is 0 Å². The quantitative estimate of drug-likeness (QED) is 0.680. The summed E-state index contributed by atoms with van der Waals surface area (Å²) in [5, 5.41) is 0. The molecule has 2 heteroatoms. The van der Waals surface area contributed by atoms with E-state index in [2.05, 4.69) is 32.1 Å². The molecule has 110 valence electrons. The van der Waals surface area contributed by atoms with Crippen LogP contribution in [0.25, 0.3) is 0 Å². The lowest BCUT2D eigenvalue weighted by molar-refractivity contribution is -0.130. The Hall–Kier alpha value is -1.44. The SMILES string of the molecule is C[C@]12C=CC(=O)C=C1C=C[C@@H]1[C@H]2CC[C@@]2(C)C(=O)CC[C@H]12. The highest BCUT2D eigenvalue weighted by molar-refractivity contribution is 6.01. The van der Waals surface area contributed by atoms with Crippen molar-refractivity contribution in [1.82, 2.24) is 0 Å². The molecule has 2 saturated carbocycles. The Kier molecular flexibility index (Phi) is 2.56. The summed E-state index contributed by atoms with van der Waals surface area (Å²) in [7, 11) is 0. The minimum atomic E-state index is -0.0999. The molecule has 0 unspecified atom stereocenters. The van der Waals surface area contributed by atoms with E-state index in [1.807, 2.05) is 0 Å². The van der Waals surface area contributed by atoms with Crippen molar-refractivity contribution in [2.45, 2.75) is 39.5 Å². The van der Waals surface area contributed by atoms with Crippen molar-refractivity contribution in [2.24, 2.45) is 28.6 Å². The summed E-state index contributed by atoms with van der Waals surface area (Å²) in [6.45, 7) is 4.45. The Balaban J connectivity index is 1.78. The summed E-state index contributed by atoms with van der Waals surface area (Å²) >= 11 is 0. The number of fused-ring (bicyclic) bond motifs is 5. The van der Waals surface area contributed by atoms with Gasteiger partial charge in [-0.3, -0.25) is 9.59 Å². The number of carbonyl (C=O) groups excluding carboxylic acids is 2. The zero-order valence-corrected chi connectivity index (χ0v) is 12.8. The maximum absolute atomic E-state index is 12.3. The van der Waals surface area contributed by atoms with Gasteiger partial charge in [-0.1, -0.05) is 32.1 Å². The van der Waals surface area contributed by atoms with Crippen LogP contribution in [0.2, 0.25) is 0 Å². The minimum Gasteiger partial charge on any atom is -0.299 e. The Morgan fingerprint density at radius 2 is 1.90 bits per heavy atom. The maximum atomic E-state index is 12.3. The molecule has 21 heavy (non-hydrogen) atoms. The Morgan fingerprint density at radius 3 is 2.71 bits per heavy atom. The molecular formula is C19H22O2. The first kappa shape index (κ1) is 13.2. The van der Waals surface area contributed by atoms with Crippen molar-refractivity contribution in [3.8, 4) is 0 Å². The molecule has 0 radical (unpaired) electrons. The number of hydrogen-bond donors (Lipinski definition) is 0. The summed E-state index contributed by atoms with van der Waals surface area (Å²) in [5.74, 6) is 2.07. The van der Waals surface area contributed by atoms with Crippen molar-refractivity contribution in [2.75, 3.05) is 0 Å². The van der Waals surface area contributed by atoms with Gasteiger partial charge in [-0.2, -0.15) is 0 Å². The van der Waals surface area contributed by atoms with Gasteiger partial charge < -0.3 is 0 Å². The molecule has 4 aliphatic carbocycles.